The van der Waals surface area contributed by atoms with Crippen LogP contribution in [0.5, 0.6) is 5.75 Å². The van der Waals surface area contributed by atoms with Gasteiger partial charge in [0.15, 0.2) is 0 Å². The van der Waals surface area contributed by atoms with Gasteiger partial charge >= 0.3 is 12.4 Å². The van der Waals surface area contributed by atoms with Gasteiger partial charge in [-0.15, -0.1) is 11.3 Å². The largest absolute Gasteiger partial charge is 0.508 e. The molecule has 6 atom stereocenters. The van der Waals surface area contributed by atoms with E-state index in [1.807, 2.05) is 19.1 Å². The van der Waals surface area contributed by atoms with Crippen LogP contribution in [0.4, 0.5) is 37.8 Å². The van der Waals surface area contributed by atoms with Crippen molar-refractivity contribution >= 4 is 79.8 Å². The number of hydrogen-bond donors (Lipinski definition) is 1. The summed E-state index contributed by atoms with van der Waals surface area (Å²) >= 11 is 14.2. The molecule has 310 valence electrons. The number of aromatic hydroxyl groups is 1. The number of fused-ring (bicyclic) bond motifs is 5. The van der Waals surface area contributed by atoms with E-state index in [0.717, 1.165) is 25.4 Å². The fourth-order valence-electron chi connectivity index (χ4n) is 9.87. The lowest BCUT2D eigenvalue weighted by Crippen LogP contribution is -2.49. The Balaban J connectivity index is 1.15. The van der Waals surface area contributed by atoms with Gasteiger partial charge in [0, 0.05) is 39.3 Å². The molecule has 3 aromatic carbocycles. The number of imide groups is 2. The van der Waals surface area contributed by atoms with E-state index in [-0.39, 0.29) is 41.1 Å². The molecule has 3 fully saturated rings. The van der Waals surface area contributed by atoms with Crippen molar-refractivity contribution in [3.63, 3.8) is 0 Å². The summed E-state index contributed by atoms with van der Waals surface area (Å²) in [6.45, 7) is 3.49. The van der Waals surface area contributed by atoms with Crippen molar-refractivity contribution in [1.29, 1.82) is 0 Å². The summed E-state index contributed by atoms with van der Waals surface area (Å²) in [4.78, 5) is 60.6. The number of carbonyl (C=O) groups excluding carboxylic acids is 4. The van der Waals surface area contributed by atoms with Crippen molar-refractivity contribution in [2.24, 2.45) is 36.1 Å². The molecule has 0 radical (unpaired) electrons. The van der Waals surface area contributed by atoms with Gasteiger partial charge in [-0.25, -0.2) is 9.80 Å². The summed E-state index contributed by atoms with van der Waals surface area (Å²) in [5, 5.41) is 17.7. The minimum Gasteiger partial charge on any atom is -0.508 e. The lowest BCUT2D eigenvalue weighted by Gasteiger charge is -2.49. The van der Waals surface area contributed by atoms with Gasteiger partial charge in [0.2, 0.25) is 23.6 Å². The third kappa shape index (κ3) is 5.84. The van der Waals surface area contributed by atoms with Crippen molar-refractivity contribution in [3.05, 3.63) is 105 Å². The van der Waals surface area contributed by atoms with Crippen LogP contribution in [-0.2, 0) is 38.6 Å². The number of phenolic OH excluding ortho intramolecular Hbond substituents is 1. The van der Waals surface area contributed by atoms with Crippen molar-refractivity contribution in [2.75, 3.05) is 9.80 Å². The highest BCUT2D eigenvalue weighted by Crippen LogP contribution is 2.65. The number of rotatable bonds is 4. The quantitative estimate of drug-likeness (QED) is 0.109. The maximum absolute atomic E-state index is 15.1. The van der Waals surface area contributed by atoms with Gasteiger partial charge in [-0.2, -0.15) is 31.4 Å². The smallest absolute Gasteiger partial charge is 0.416 e. The minimum atomic E-state index is -5.25. The molecule has 9 nitrogen and oxygen atoms in total. The number of benzene rings is 3. The lowest BCUT2D eigenvalue weighted by molar-refractivity contribution is -0.143. The van der Waals surface area contributed by atoms with Crippen LogP contribution in [0.1, 0.15) is 47.9 Å². The first-order valence-electron chi connectivity index (χ1n) is 18.6. The summed E-state index contributed by atoms with van der Waals surface area (Å²) in [6.07, 6.45) is -9.22. The number of phenols is 1. The van der Waals surface area contributed by atoms with E-state index in [9.17, 15) is 45.8 Å². The van der Waals surface area contributed by atoms with Crippen molar-refractivity contribution in [2.45, 2.75) is 45.0 Å². The molecule has 2 aliphatic carbocycles. The van der Waals surface area contributed by atoms with E-state index in [1.165, 1.54) is 34.2 Å². The van der Waals surface area contributed by atoms with Crippen LogP contribution in [0.3, 0.4) is 0 Å². The van der Waals surface area contributed by atoms with Crippen LogP contribution in [0.25, 0.3) is 20.7 Å². The Morgan fingerprint density at radius 2 is 1.48 bits per heavy atom. The number of allylic oxidation sites excluding steroid dienone is 2. The standard InChI is InChI=1S/C42H30Cl2F6N4O5S/c1-17-25-13-21(44)5-9-31(25)60-35(17)29-16-32(52(3)51-29)54-37(57)28-15-26-23(34(40(28,2)39(54)59)27-14-20(43)4-8-30(27)55)6-7-24-33(26)38(58)53(36(24)56)22-11-18(41(45,46)47)10-19(12-22)42(48,49)50/h4-6,8-14,16,24,26,28,33-34,55H,7,15H2,1-3H3/t24-,26+,28-,33-,34+,40+/m0/s1. The third-order valence-corrected chi connectivity index (χ3v) is 14.4. The first-order valence-corrected chi connectivity index (χ1v) is 20.2. The van der Waals surface area contributed by atoms with E-state index in [0.29, 0.717) is 33.3 Å². The lowest BCUT2D eigenvalue weighted by atomic mass is 9.51. The monoisotopic (exact) mass is 886 g/mol. The molecular weight excluding hydrogens is 857 g/mol. The van der Waals surface area contributed by atoms with E-state index < -0.39 is 87.8 Å². The molecule has 4 heterocycles. The highest BCUT2D eigenvalue weighted by atomic mass is 35.5. The van der Waals surface area contributed by atoms with Gasteiger partial charge < -0.3 is 5.11 Å². The predicted molar refractivity (Wildman–Crippen MR) is 210 cm³/mol. The van der Waals surface area contributed by atoms with E-state index in [1.54, 1.807) is 32.2 Å². The zero-order valence-corrected chi connectivity index (χ0v) is 33.8. The predicted octanol–water partition coefficient (Wildman–Crippen LogP) is 10.1. The number of amides is 4. The van der Waals surface area contributed by atoms with Gasteiger partial charge in [0.05, 0.1) is 44.9 Å². The SMILES string of the molecule is Cc1c(-c2cc(N3C(=O)[C@@H]4C[C@@H]5C(=CC[C@@H]6C(=O)N(c7cc(C(F)(F)F)cc(C(F)(F)F)c7)C(=O)[C@@H]65)[C@H](c5cc(Cl)ccc5O)[C@]4(C)C3=O)n(C)n2)sc2ccc(Cl)cc12. The number of carbonyl (C=O) groups is 4. The van der Waals surface area contributed by atoms with Gasteiger partial charge in [0.1, 0.15) is 17.3 Å². The van der Waals surface area contributed by atoms with Crippen LogP contribution in [-0.4, -0.2) is 38.5 Å². The molecule has 5 aromatic rings. The molecule has 4 aliphatic rings. The topological polar surface area (TPSA) is 113 Å². The van der Waals surface area contributed by atoms with Crippen molar-refractivity contribution in [3.8, 4) is 16.3 Å². The zero-order valence-electron chi connectivity index (χ0n) is 31.5. The fraction of sp³-hybridized carbons (Fsp3) is 0.310. The molecule has 1 N–H and O–H groups in total. The molecule has 4 amide bonds. The molecule has 2 saturated heterocycles. The van der Waals surface area contributed by atoms with Crippen LogP contribution in [0.2, 0.25) is 10.0 Å². The van der Waals surface area contributed by atoms with Crippen LogP contribution in [0.15, 0.2) is 72.3 Å². The number of anilines is 2. The Labute approximate surface area is 350 Å². The third-order valence-electron chi connectivity index (χ3n) is 12.6. The highest BCUT2D eigenvalue weighted by Gasteiger charge is 2.68. The number of aromatic nitrogens is 2. The number of thiophene rings is 1. The van der Waals surface area contributed by atoms with E-state index in [4.69, 9.17) is 23.2 Å². The maximum Gasteiger partial charge on any atom is 0.416 e. The summed E-state index contributed by atoms with van der Waals surface area (Å²) < 4.78 is 85.8. The average Bonchev–Trinajstić information content (AvgIpc) is 3.85. The Morgan fingerprint density at radius 1 is 0.833 bits per heavy atom. The molecule has 0 spiro atoms. The van der Waals surface area contributed by atoms with Gasteiger partial charge in [-0.05, 0) is 98.2 Å². The Morgan fingerprint density at radius 3 is 2.15 bits per heavy atom. The van der Waals surface area contributed by atoms with Gasteiger partial charge in [-0.1, -0.05) is 34.9 Å². The summed E-state index contributed by atoms with van der Waals surface area (Å²) in [5.74, 6) is -9.36. The number of nitrogens with zero attached hydrogens (tertiary/aromatic N) is 4. The number of aryl methyl sites for hydroxylation is 2. The fourth-order valence-corrected chi connectivity index (χ4v) is 11.4. The molecule has 18 heteroatoms. The number of halogens is 8. The Bertz CT molecular complexity index is 2750. The van der Waals surface area contributed by atoms with Crippen LogP contribution in [0, 0.1) is 36.0 Å². The molecule has 9 rings (SSSR count). The van der Waals surface area contributed by atoms with Gasteiger partial charge in [0.25, 0.3) is 0 Å². The molecule has 1 saturated carbocycles. The minimum absolute atomic E-state index is 0.0926. The number of hydrogen-bond acceptors (Lipinski definition) is 7. The van der Waals surface area contributed by atoms with Crippen molar-refractivity contribution < 1.29 is 50.6 Å². The van der Waals surface area contributed by atoms with Crippen LogP contribution >= 0.6 is 34.5 Å². The second kappa shape index (κ2) is 13.4. The Kier molecular flexibility index (Phi) is 8.99. The first-order chi connectivity index (χ1) is 28.1. The van der Waals surface area contributed by atoms with E-state index >= 15 is 4.79 Å². The Hall–Kier alpha value is -5.19. The van der Waals surface area contributed by atoms with Crippen molar-refractivity contribution in [1.82, 2.24) is 9.78 Å². The van der Waals surface area contributed by atoms with Gasteiger partial charge in [-0.3, -0.25) is 23.9 Å². The maximum atomic E-state index is 15.1. The molecular formula is C42H30Cl2F6N4O5S. The normalized spacial score (nSPS) is 25.6. The first kappa shape index (κ1) is 40.2. The van der Waals surface area contributed by atoms with Crippen LogP contribution < -0.4 is 9.80 Å². The molecule has 2 aliphatic heterocycles. The van der Waals surface area contributed by atoms with E-state index in [2.05, 4.69) is 5.10 Å². The molecule has 60 heavy (non-hydrogen) atoms. The molecule has 0 unspecified atom stereocenters. The zero-order chi connectivity index (χ0) is 43.1. The highest BCUT2D eigenvalue weighted by molar-refractivity contribution is 7.22. The summed E-state index contributed by atoms with van der Waals surface area (Å²) in [5.41, 5.74) is -4.01. The summed E-state index contributed by atoms with van der Waals surface area (Å²) in [6, 6.07) is 11.8. The molecule has 2 aromatic heterocycles. The molecule has 0 bridgehead atoms. The average molecular weight is 888 g/mol. The summed E-state index contributed by atoms with van der Waals surface area (Å²) in [7, 11) is 1.58. The number of alkyl halides is 6. The second-order valence-electron chi connectivity index (χ2n) is 15.8. The second-order valence-corrected chi connectivity index (χ2v) is 17.8.